The summed E-state index contributed by atoms with van der Waals surface area (Å²) in [6, 6.07) is 6.18. The minimum Gasteiger partial charge on any atom is -0.375 e. The number of amides is 1. The largest absolute Gasteiger partial charge is 0.375 e. The number of nitrogens with zero attached hydrogens (tertiary/aromatic N) is 3. The van der Waals surface area contributed by atoms with Crippen molar-refractivity contribution in [2.24, 2.45) is 0 Å². The number of hydrogen-bond donors (Lipinski definition) is 0. The Bertz CT molecular complexity index is 688. The number of hydrogen-bond acceptors (Lipinski definition) is 5. The monoisotopic (exact) mass is 359 g/mol. The summed E-state index contributed by atoms with van der Waals surface area (Å²) in [7, 11) is 3.99. The van der Waals surface area contributed by atoms with E-state index in [-0.39, 0.29) is 12.0 Å². The smallest absolute Gasteiger partial charge is 0.227 e. The van der Waals surface area contributed by atoms with Crippen LogP contribution < -0.4 is 4.90 Å². The highest BCUT2D eigenvalue weighted by Crippen LogP contribution is 2.16. The van der Waals surface area contributed by atoms with Crippen LogP contribution >= 0.6 is 11.3 Å². The van der Waals surface area contributed by atoms with Crippen molar-refractivity contribution in [2.45, 2.75) is 25.4 Å². The van der Waals surface area contributed by atoms with E-state index in [2.05, 4.69) is 17.1 Å². The molecule has 134 valence electrons. The third-order valence-electron chi connectivity index (χ3n) is 4.45. The van der Waals surface area contributed by atoms with Crippen LogP contribution in [0, 0.1) is 0 Å². The van der Waals surface area contributed by atoms with Crippen LogP contribution in [0.25, 0.3) is 0 Å². The van der Waals surface area contributed by atoms with Gasteiger partial charge in [-0.15, -0.1) is 0 Å². The number of pyridine rings is 1. The van der Waals surface area contributed by atoms with Gasteiger partial charge in [0.15, 0.2) is 0 Å². The SMILES string of the molecule is CN(C)c1cc(CCC2CN(C(=O)Cc3ccsc3)CCO2)ccn1. The lowest BCUT2D eigenvalue weighted by molar-refractivity contribution is -0.138. The van der Waals surface area contributed by atoms with Gasteiger partial charge in [-0.3, -0.25) is 4.79 Å². The maximum atomic E-state index is 12.5. The van der Waals surface area contributed by atoms with E-state index in [9.17, 15) is 4.79 Å². The van der Waals surface area contributed by atoms with Gasteiger partial charge in [0.1, 0.15) is 5.82 Å². The molecule has 3 rings (SSSR count). The van der Waals surface area contributed by atoms with Gasteiger partial charge in [-0.25, -0.2) is 4.98 Å². The van der Waals surface area contributed by atoms with Crippen LogP contribution in [0.15, 0.2) is 35.2 Å². The van der Waals surface area contributed by atoms with Gasteiger partial charge in [-0.2, -0.15) is 11.3 Å². The van der Waals surface area contributed by atoms with E-state index in [0.29, 0.717) is 26.1 Å². The zero-order valence-corrected chi connectivity index (χ0v) is 15.7. The van der Waals surface area contributed by atoms with Crippen molar-refractivity contribution in [3.05, 3.63) is 46.3 Å². The van der Waals surface area contributed by atoms with Gasteiger partial charge >= 0.3 is 0 Å². The molecule has 2 aromatic heterocycles. The van der Waals surface area contributed by atoms with E-state index in [1.54, 1.807) is 11.3 Å². The van der Waals surface area contributed by atoms with Gasteiger partial charge in [0, 0.05) is 33.4 Å². The normalized spacial score (nSPS) is 17.5. The molecule has 0 aliphatic carbocycles. The first-order valence-electron chi connectivity index (χ1n) is 8.64. The standard InChI is InChI=1S/C19H25N3O2S/c1-21(2)18-11-15(5-7-20-18)3-4-17-13-22(8-9-24-17)19(23)12-16-6-10-25-14-16/h5-7,10-11,14,17H,3-4,8-9,12-13H2,1-2H3. The molecule has 1 aliphatic heterocycles. The summed E-state index contributed by atoms with van der Waals surface area (Å²) in [5.41, 5.74) is 2.36. The molecule has 5 nitrogen and oxygen atoms in total. The van der Waals surface area contributed by atoms with Gasteiger partial charge in [0.2, 0.25) is 5.91 Å². The predicted octanol–water partition coefficient (Wildman–Crippen LogP) is 2.61. The Labute approximate surface area is 153 Å². The topological polar surface area (TPSA) is 45.7 Å². The van der Waals surface area contributed by atoms with Crippen molar-refractivity contribution in [1.82, 2.24) is 9.88 Å². The molecule has 0 aromatic carbocycles. The fourth-order valence-corrected chi connectivity index (χ4v) is 3.66. The molecule has 1 unspecified atom stereocenters. The van der Waals surface area contributed by atoms with E-state index in [0.717, 1.165) is 24.2 Å². The number of ether oxygens (including phenoxy) is 1. The minimum atomic E-state index is 0.108. The molecule has 6 heteroatoms. The molecule has 1 atom stereocenters. The Morgan fingerprint density at radius 3 is 3.04 bits per heavy atom. The van der Waals surface area contributed by atoms with Crippen LogP contribution in [0.5, 0.6) is 0 Å². The molecule has 0 saturated carbocycles. The number of rotatable bonds is 6. The Hall–Kier alpha value is -1.92. The van der Waals surface area contributed by atoms with E-state index in [1.165, 1.54) is 5.56 Å². The summed E-state index contributed by atoms with van der Waals surface area (Å²) in [5.74, 6) is 1.17. The van der Waals surface area contributed by atoms with Crippen molar-refractivity contribution >= 4 is 23.1 Å². The van der Waals surface area contributed by atoms with Crippen molar-refractivity contribution in [3.8, 4) is 0 Å². The van der Waals surface area contributed by atoms with Gasteiger partial charge in [0.05, 0.1) is 19.1 Å². The lowest BCUT2D eigenvalue weighted by Gasteiger charge is -2.33. The zero-order chi connectivity index (χ0) is 17.6. The maximum Gasteiger partial charge on any atom is 0.227 e. The number of aromatic nitrogens is 1. The first kappa shape index (κ1) is 17.9. The summed E-state index contributed by atoms with van der Waals surface area (Å²) in [5, 5.41) is 4.06. The van der Waals surface area contributed by atoms with Crippen LogP contribution in [-0.4, -0.2) is 55.7 Å². The summed E-state index contributed by atoms with van der Waals surface area (Å²) >= 11 is 1.63. The average molecular weight is 359 g/mol. The summed E-state index contributed by atoms with van der Waals surface area (Å²) in [6.07, 6.45) is 4.30. The number of carbonyl (C=O) groups excluding carboxylic acids is 1. The lowest BCUT2D eigenvalue weighted by Crippen LogP contribution is -2.46. The third-order valence-corrected chi connectivity index (χ3v) is 5.18. The molecule has 0 radical (unpaired) electrons. The first-order valence-corrected chi connectivity index (χ1v) is 9.59. The minimum absolute atomic E-state index is 0.108. The second-order valence-electron chi connectivity index (χ2n) is 6.60. The van der Waals surface area contributed by atoms with Crippen LogP contribution in [0.2, 0.25) is 0 Å². The fourth-order valence-electron chi connectivity index (χ4n) is 2.99. The second-order valence-corrected chi connectivity index (χ2v) is 7.38. The number of morpholine rings is 1. The quantitative estimate of drug-likeness (QED) is 0.795. The molecule has 0 N–H and O–H groups in total. The highest BCUT2D eigenvalue weighted by atomic mass is 32.1. The van der Waals surface area contributed by atoms with Crippen LogP contribution in [-0.2, 0) is 22.4 Å². The van der Waals surface area contributed by atoms with Crippen LogP contribution in [0.1, 0.15) is 17.5 Å². The molecule has 1 fully saturated rings. The van der Waals surface area contributed by atoms with Crippen molar-refractivity contribution < 1.29 is 9.53 Å². The number of aryl methyl sites for hydroxylation is 1. The number of anilines is 1. The summed E-state index contributed by atoms with van der Waals surface area (Å²) in [4.78, 5) is 20.8. The van der Waals surface area contributed by atoms with Gasteiger partial charge in [0.25, 0.3) is 0 Å². The predicted molar refractivity (Wildman–Crippen MR) is 101 cm³/mol. The first-order chi connectivity index (χ1) is 12.1. The van der Waals surface area contributed by atoms with Crippen LogP contribution in [0.3, 0.4) is 0 Å². The molecule has 2 aromatic rings. The molecular formula is C19H25N3O2S. The summed E-state index contributed by atoms with van der Waals surface area (Å²) in [6.45, 7) is 2.01. The fraction of sp³-hybridized carbons (Fsp3) is 0.474. The molecule has 0 bridgehead atoms. The van der Waals surface area contributed by atoms with Gasteiger partial charge in [-0.05, 0) is 52.9 Å². The number of carbonyl (C=O) groups is 1. The highest BCUT2D eigenvalue weighted by molar-refractivity contribution is 7.08. The van der Waals surface area contributed by atoms with Crippen LogP contribution in [0.4, 0.5) is 5.82 Å². The summed E-state index contributed by atoms with van der Waals surface area (Å²) < 4.78 is 5.88. The zero-order valence-electron chi connectivity index (χ0n) is 14.9. The molecule has 1 aliphatic rings. The van der Waals surface area contributed by atoms with E-state index < -0.39 is 0 Å². The molecule has 0 spiro atoms. The highest BCUT2D eigenvalue weighted by Gasteiger charge is 2.24. The molecule has 1 saturated heterocycles. The Balaban J connectivity index is 1.51. The number of thiophene rings is 1. The van der Waals surface area contributed by atoms with Crippen molar-refractivity contribution in [2.75, 3.05) is 38.7 Å². The maximum absolute atomic E-state index is 12.5. The Morgan fingerprint density at radius 2 is 2.28 bits per heavy atom. The van der Waals surface area contributed by atoms with E-state index >= 15 is 0 Å². The van der Waals surface area contributed by atoms with Crippen molar-refractivity contribution in [1.29, 1.82) is 0 Å². The molecular weight excluding hydrogens is 334 g/mol. The third kappa shape index (κ3) is 5.03. The van der Waals surface area contributed by atoms with E-state index in [4.69, 9.17) is 4.74 Å². The Kier molecular flexibility index (Phi) is 6.04. The lowest BCUT2D eigenvalue weighted by atomic mass is 10.1. The molecule has 1 amide bonds. The van der Waals surface area contributed by atoms with E-state index in [1.807, 2.05) is 46.9 Å². The van der Waals surface area contributed by atoms with Gasteiger partial charge < -0.3 is 14.5 Å². The Morgan fingerprint density at radius 1 is 1.40 bits per heavy atom. The molecule has 25 heavy (non-hydrogen) atoms. The molecule has 3 heterocycles. The average Bonchev–Trinajstić information content (AvgIpc) is 3.13. The second kappa shape index (κ2) is 8.45. The van der Waals surface area contributed by atoms with Crippen molar-refractivity contribution in [3.63, 3.8) is 0 Å². The van der Waals surface area contributed by atoms with Gasteiger partial charge in [-0.1, -0.05) is 0 Å².